The maximum atomic E-state index is 12.6. The molecule has 7 heteroatoms. The van der Waals surface area contributed by atoms with E-state index in [9.17, 15) is 4.79 Å². The Hall–Kier alpha value is -2.15. The number of rotatable bonds is 6. The van der Waals surface area contributed by atoms with Gasteiger partial charge in [0.1, 0.15) is 5.04 Å². The van der Waals surface area contributed by atoms with Gasteiger partial charge in [0, 0.05) is 42.2 Å². The van der Waals surface area contributed by atoms with E-state index in [1.54, 1.807) is 0 Å². The Labute approximate surface area is 199 Å². The van der Waals surface area contributed by atoms with Crippen LogP contribution in [0.4, 0.5) is 5.69 Å². The van der Waals surface area contributed by atoms with Crippen LogP contribution in [0.25, 0.3) is 0 Å². The van der Waals surface area contributed by atoms with Crippen molar-refractivity contribution in [3.05, 3.63) is 64.7 Å². The summed E-state index contributed by atoms with van der Waals surface area (Å²) in [5.41, 5.74) is 3.52. The first-order valence-electron chi connectivity index (χ1n) is 11.2. The Bertz CT molecular complexity index is 1010. The van der Waals surface area contributed by atoms with Gasteiger partial charge >= 0.3 is 0 Å². The number of hydrogen-bond donors (Lipinski definition) is 1. The molecule has 5 nitrogen and oxygen atoms in total. The number of anilines is 1. The third-order valence-electron chi connectivity index (χ3n) is 6.04. The molecule has 168 valence electrons. The zero-order valence-electron chi connectivity index (χ0n) is 18.6. The Kier molecular flexibility index (Phi) is 7.33. The normalized spacial score (nSPS) is 17.8. The highest BCUT2D eigenvalue weighted by molar-refractivity contribution is 8.16. The van der Waals surface area contributed by atoms with Gasteiger partial charge in [-0.05, 0) is 42.8 Å². The molecule has 32 heavy (non-hydrogen) atoms. The molecule has 1 amide bonds. The van der Waals surface area contributed by atoms with E-state index in [0.29, 0.717) is 5.02 Å². The number of hydrogen-bond acceptors (Lipinski definition) is 5. The number of amides is 1. The first kappa shape index (κ1) is 23.0. The van der Waals surface area contributed by atoms with Gasteiger partial charge in [-0.3, -0.25) is 9.79 Å². The molecule has 2 aromatic rings. The van der Waals surface area contributed by atoms with E-state index < -0.39 is 5.66 Å². The molecular weight excluding hydrogens is 440 g/mol. The highest BCUT2D eigenvalue weighted by atomic mass is 35.5. The fraction of sp³-hybridized carbons (Fsp3) is 0.400. The molecule has 0 saturated carbocycles. The van der Waals surface area contributed by atoms with Crippen LogP contribution in [0.5, 0.6) is 0 Å². The third kappa shape index (κ3) is 5.42. The topological polar surface area (TPSA) is 57.1 Å². The lowest BCUT2D eigenvalue weighted by atomic mass is 9.98. The molecule has 0 atom stereocenters. The Balaban J connectivity index is 1.48. The number of halogens is 1. The highest BCUT2D eigenvalue weighted by Gasteiger charge is 2.39. The van der Waals surface area contributed by atoms with Crippen molar-refractivity contribution in [3.63, 3.8) is 0 Å². The van der Waals surface area contributed by atoms with Crippen molar-refractivity contribution < 1.29 is 4.79 Å². The molecular formula is C25H29ClN4OS. The van der Waals surface area contributed by atoms with E-state index in [2.05, 4.69) is 24.1 Å². The summed E-state index contributed by atoms with van der Waals surface area (Å²) in [5, 5.41) is 4.52. The Morgan fingerprint density at radius 3 is 2.38 bits per heavy atom. The van der Waals surface area contributed by atoms with Crippen molar-refractivity contribution in [2.75, 3.05) is 30.7 Å². The van der Waals surface area contributed by atoms with Crippen molar-refractivity contribution in [2.24, 2.45) is 9.98 Å². The number of thioether (sulfide) groups is 1. The minimum Gasteiger partial charge on any atom is -0.325 e. The van der Waals surface area contributed by atoms with Crippen LogP contribution in [0, 0.1) is 0 Å². The predicted molar refractivity (Wildman–Crippen MR) is 136 cm³/mol. The number of carbonyl (C=O) groups is 1. The summed E-state index contributed by atoms with van der Waals surface area (Å²) in [7, 11) is 0. The first-order chi connectivity index (χ1) is 15.5. The molecule has 2 aliphatic rings. The third-order valence-corrected chi connectivity index (χ3v) is 7.26. The van der Waals surface area contributed by atoms with Crippen molar-refractivity contribution in [2.45, 2.75) is 38.8 Å². The van der Waals surface area contributed by atoms with E-state index in [1.807, 2.05) is 48.5 Å². The SMILES string of the molecule is CCc1ccc(NC(=O)CSC2=NC3(CCN(CC)CC3)N=C2c2ccc(Cl)cc2)cc1. The maximum absolute atomic E-state index is 12.6. The number of benzene rings is 2. The minimum absolute atomic E-state index is 0.0424. The lowest BCUT2D eigenvalue weighted by Crippen LogP contribution is -2.41. The summed E-state index contributed by atoms with van der Waals surface area (Å²) in [4.78, 5) is 25.2. The van der Waals surface area contributed by atoms with Gasteiger partial charge in [0.15, 0.2) is 5.66 Å². The number of carbonyl (C=O) groups excluding carboxylic acids is 1. The summed E-state index contributed by atoms with van der Waals surface area (Å²) in [6.45, 7) is 7.33. The van der Waals surface area contributed by atoms with Crippen molar-refractivity contribution in [1.29, 1.82) is 0 Å². The Morgan fingerprint density at radius 1 is 1.06 bits per heavy atom. The van der Waals surface area contributed by atoms with Gasteiger partial charge in [-0.25, -0.2) is 4.99 Å². The number of nitrogens with zero attached hydrogens (tertiary/aromatic N) is 3. The molecule has 2 aromatic carbocycles. The van der Waals surface area contributed by atoms with Gasteiger partial charge in [-0.2, -0.15) is 0 Å². The summed E-state index contributed by atoms with van der Waals surface area (Å²) in [6.07, 6.45) is 2.78. The predicted octanol–water partition coefficient (Wildman–Crippen LogP) is 5.29. The molecule has 2 aliphatic heterocycles. The van der Waals surface area contributed by atoms with Crippen molar-refractivity contribution in [3.8, 4) is 0 Å². The number of piperidine rings is 1. The van der Waals surface area contributed by atoms with E-state index >= 15 is 0 Å². The van der Waals surface area contributed by atoms with E-state index in [1.165, 1.54) is 17.3 Å². The quantitative estimate of drug-likeness (QED) is 0.626. The summed E-state index contributed by atoms with van der Waals surface area (Å²) in [5.74, 6) is 0.247. The Morgan fingerprint density at radius 2 is 1.75 bits per heavy atom. The van der Waals surface area contributed by atoms with Crippen LogP contribution in [0.15, 0.2) is 58.5 Å². The molecule has 0 aliphatic carbocycles. The van der Waals surface area contributed by atoms with Gasteiger partial charge in [0.2, 0.25) is 5.91 Å². The second-order valence-corrected chi connectivity index (χ2v) is 9.59. The van der Waals surface area contributed by atoms with Gasteiger partial charge in [-0.15, -0.1) is 0 Å². The monoisotopic (exact) mass is 468 g/mol. The molecule has 1 saturated heterocycles. The molecule has 1 spiro atoms. The van der Waals surface area contributed by atoms with Gasteiger partial charge in [0.25, 0.3) is 0 Å². The van der Waals surface area contributed by atoms with Crippen LogP contribution < -0.4 is 5.32 Å². The minimum atomic E-state index is -0.407. The maximum Gasteiger partial charge on any atom is 0.234 e. The number of aryl methyl sites for hydroxylation is 1. The average molecular weight is 469 g/mol. The van der Waals surface area contributed by atoms with Crippen LogP contribution in [-0.4, -0.2) is 52.6 Å². The molecule has 1 N–H and O–H groups in total. The first-order valence-corrected chi connectivity index (χ1v) is 12.6. The summed E-state index contributed by atoms with van der Waals surface area (Å²) >= 11 is 7.55. The fourth-order valence-corrected chi connectivity index (χ4v) is 5.03. The molecule has 0 unspecified atom stereocenters. The van der Waals surface area contributed by atoms with Crippen LogP contribution in [0.1, 0.15) is 37.8 Å². The van der Waals surface area contributed by atoms with Gasteiger partial charge in [-0.1, -0.05) is 61.5 Å². The number of nitrogens with one attached hydrogen (secondary N) is 1. The lowest BCUT2D eigenvalue weighted by molar-refractivity contribution is -0.113. The summed E-state index contributed by atoms with van der Waals surface area (Å²) in [6, 6.07) is 15.7. The molecule has 0 bridgehead atoms. The zero-order valence-corrected chi connectivity index (χ0v) is 20.2. The van der Waals surface area contributed by atoms with Gasteiger partial charge in [0.05, 0.1) is 11.5 Å². The second-order valence-electron chi connectivity index (χ2n) is 8.19. The molecule has 0 radical (unpaired) electrons. The molecule has 4 rings (SSSR count). The largest absolute Gasteiger partial charge is 0.325 e. The van der Waals surface area contributed by atoms with E-state index in [-0.39, 0.29) is 11.7 Å². The highest BCUT2D eigenvalue weighted by Crippen LogP contribution is 2.35. The molecule has 2 heterocycles. The van der Waals surface area contributed by atoms with Crippen LogP contribution in [0.3, 0.4) is 0 Å². The van der Waals surface area contributed by atoms with Crippen molar-refractivity contribution in [1.82, 2.24) is 4.90 Å². The zero-order chi connectivity index (χ0) is 22.6. The van der Waals surface area contributed by atoms with Gasteiger partial charge < -0.3 is 10.2 Å². The molecule has 0 aromatic heterocycles. The lowest BCUT2D eigenvalue weighted by Gasteiger charge is -2.34. The van der Waals surface area contributed by atoms with Crippen LogP contribution in [0.2, 0.25) is 5.02 Å². The summed E-state index contributed by atoms with van der Waals surface area (Å²) < 4.78 is 0. The molecule has 1 fully saturated rings. The van der Waals surface area contributed by atoms with Crippen LogP contribution >= 0.6 is 23.4 Å². The second kappa shape index (κ2) is 10.2. The smallest absolute Gasteiger partial charge is 0.234 e. The number of aliphatic imine (C=N–C) groups is 2. The van der Waals surface area contributed by atoms with E-state index in [0.717, 1.165) is 60.9 Å². The standard InChI is InChI=1S/C25H29ClN4OS/c1-3-18-5-11-21(12-6-18)27-22(31)17-32-24-23(19-7-9-20(26)10-8-19)28-25(29-24)13-15-30(4-2)16-14-25/h5-12H,3-4,13-17H2,1-2H3,(H,27,31). The number of likely N-dealkylation sites (tertiary alicyclic amines) is 1. The van der Waals surface area contributed by atoms with Crippen molar-refractivity contribution >= 4 is 45.7 Å². The van der Waals surface area contributed by atoms with E-state index in [4.69, 9.17) is 21.6 Å². The van der Waals surface area contributed by atoms with Crippen LogP contribution in [-0.2, 0) is 11.2 Å². The fourth-order valence-electron chi connectivity index (χ4n) is 4.03. The average Bonchev–Trinajstić information content (AvgIpc) is 3.17.